The molecular formula is C15H24O. The van der Waals surface area contributed by atoms with Gasteiger partial charge in [-0.2, -0.15) is 0 Å². The monoisotopic (exact) mass is 220 g/mol. The Kier molecular flexibility index (Phi) is 5.54. The van der Waals surface area contributed by atoms with Gasteiger partial charge in [-0.25, -0.2) is 0 Å². The predicted octanol–water partition coefficient (Wildman–Crippen LogP) is 3.72. The van der Waals surface area contributed by atoms with Crippen LogP contribution >= 0.6 is 0 Å². The van der Waals surface area contributed by atoms with Crippen molar-refractivity contribution in [1.82, 2.24) is 0 Å². The van der Waals surface area contributed by atoms with Crippen molar-refractivity contribution >= 4 is 0 Å². The van der Waals surface area contributed by atoms with Crippen molar-refractivity contribution in [3.63, 3.8) is 0 Å². The van der Waals surface area contributed by atoms with Crippen molar-refractivity contribution in [1.29, 1.82) is 0 Å². The highest BCUT2D eigenvalue weighted by molar-refractivity contribution is 5.22. The van der Waals surface area contributed by atoms with Gasteiger partial charge >= 0.3 is 0 Å². The molecule has 0 aliphatic heterocycles. The van der Waals surface area contributed by atoms with Crippen LogP contribution in [-0.2, 0) is 6.42 Å². The zero-order valence-electron chi connectivity index (χ0n) is 10.7. The minimum Gasteiger partial charge on any atom is -0.393 e. The van der Waals surface area contributed by atoms with E-state index in [1.807, 2.05) is 0 Å². The molecule has 1 nitrogen and oxygen atoms in total. The number of aliphatic hydroxyl groups excluding tert-OH is 1. The second kappa shape index (κ2) is 6.70. The molecule has 1 aromatic carbocycles. The molecule has 1 aromatic rings. The molecule has 0 bridgehead atoms. The van der Waals surface area contributed by atoms with Crippen LogP contribution in [0.3, 0.4) is 0 Å². The SMILES string of the molecule is CCCC(C)C(O)CCc1cccc(C)c1. The van der Waals surface area contributed by atoms with Gasteiger partial charge < -0.3 is 5.11 Å². The summed E-state index contributed by atoms with van der Waals surface area (Å²) in [5.41, 5.74) is 2.64. The van der Waals surface area contributed by atoms with Crippen molar-refractivity contribution in [3.05, 3.63) is 35.4 Å². The summed E-state index contributed by atoms with van der Waals surface area (Å²) >= 11 is 0. The zero-order valence-corrected chi connectivity index (χ0v) is 10.7. The summed E-state index contributed by atoms with van der Waals surface area (Å²) in [7, 11) is 0. The summed E-state index contributed by atoms with van der Waals surface area (Å²) in [6.45, 7) is 6.42. The summed E-state index contributed by atoms with van der Waals surface area (Å²) in [5.74, 6) is 0.426. The smallest absolute Gasteiger partial charge is 0.0568 e. The highest BCUT2D eigenvalue weighted by Crippen LogP contribution is 2.16. The number of hydrogen-bond acceptors (Lipinski definition) is 1. The van der Waals surface area contributed by atoms with Crippen molar-refractivity contribution in [2.45, 2.75) is 52.6 Å². The fraction of sp³-hybridized carbons (Fsp3) is 0.600. The Morgan fingerprint density at radius 2 is 2.00 bits per heavy atom. The second-order valence-electron chi connectivity index (χ2n) is 4.86. The number of hydrogen-bond donors (Lipinski definition) is 1. The molecule has 0 aromatic heterocycles. The average Bonchev–Trinajstić information content (AvgIpc) is 2.26. The van der Waals surface area contributed by atoms with Crippen LogP contribution in [0.15, 0.2) is 24.3 Å². The van der Waals surface area contributed by atoms with Crippen LogP contribution in [0.5, 0.6) is 0 Å². The molecular weight excluding hydrogens is 196 g/mol. The molecule has 0 fully saturated rings. The summed E-state index contributed by atoms with van der Waals surface area (Å²) in [6.07, 6.45) is 3.99. The molecule has 16 heavy (non-hydrogen) atoms. The van der Waals surface area contributed by atoms with E-state index in [1.165, 1.54) is 11.1 Å². The minimum atomic E-state index is -0.152. The first-order valence-corrected chi connectivity index (χ1v) is 6.37. The van der Waals surface area contributed by atoms with E-state index in [4.69, 9.17) is 0 Å². The predicted molar refractivity (Wildman–Crippen MR) is 69.6 cm³/mol. The lowest BCUT2D eigenvalue weighted by atomic mass is 9.94. The van der Waals surface area contributed by atoms with Gasteiger partial charge in [0.15, 0.2) is 0 Å². The van der Waals surface area contributed by atoms with E-state index < -0.39 is 0 Å². The Morgan fingerprint density at radius 3 is 2.62 bits per heavy atom. The van der Waals surface area contributed by atoms with Crippen LogP contribution in [0.2, 0.25) is 0 Å². The van der Waals surface area contributed by atoms with Crippen LogP contribution < -0.4 is 0 Å². The molecule has 1 heteroatoms. The molecule has 2 atom stereocenters. The third kappa shape index (κ3) is 4.36. The quantitative estimate of drug-likeness (QED) is 0.774. The molecule has 1 N–H and O–H groups in total. The Bertz CT molecular complexity index is 306. The zero-order chi connectivity index (χ0) is 12.0. The number of aliphatic hydroxyl groups is 1. The van der Waals surface area contributed by atoms with E-state index in [2.05, 4.69) is 45.0 Å². The lowest BCUT2D eigenvalue weighted by Crippen LogP contribution is -2.18. The number of aryl methyl sites for hydroxylation is 2. The Hall–Kier alpha value is -0.820. The van der Waals surface area contributed by atoms with Crippen LogP contribution in [0.25, 0.3) is 0 Å². The molecule has 0 saturated carbocycles. The number of benzene rings is 1. The van der Waals surface area contributed by atoms with Gasteiger partial charge in [-0.15, -0.1) is 0 Å². The van der Waals surface area contributed by atoms with Crippen LogP contribution in [-0.4, -0.2) is 11.2 Å². The van der Waals surface area contributed by atoms with Gasteiger partial charge in [0.2, 0.25) is 0 Å². The molecule has 0 radical (unpaired) electrons. The van der Waals surface area contributed by atoms with Crippen LogP contribution in [0, 0.1) is 12.8 Å². The van der Waals surface area contributed by atoms with E-state index in [9.17, 15) is 5.11 Å². The van der Waals surface area contributed by atoms with Gasteiger partial charge in [-0.3, -0.25) is 0 Å². The fourth-order valence-electron chi connectivity index (χ4n) is 2.11. The molecule has 0 aliphatic rings. The normalized spacial score (nSPS) is 14.8. The summed E-state index contributed by atoms with van der Waals surface area (Å²) in [6, 6.07) is 8.55. The Labute approximate surface area is 99.5 Å². The topological polar surface area (TPSA) is 20.2 Å². The van der Waals surface area contributed by atoms with Crippen LogP contribution in [0.4, 0.5) is 0 Å². The van der Waals surface area contributed by atoms with Crippen molar-refractivity contribution in [2.75, 3.05) is 0 Å². The van der Waals surface area contributed by atoms with E-state index in [0.29, 0.717) is 5.92 Å². The standard InChI is InChI=1S/C15H24O/c1-4-6-13(3)15(16)10-9-14-8-5-7-12(2)11-14/h5,7-8,11,13,15-16H,4,6,9-10H2,1-3H3. The Balaban J connectivity index is 2.39. The first kappa shape index (κ1) is 13.2. The summed E-state index contributed by atoms with van der Waals surface area (Å²) < 4.78 is 0. The Morgan fingerprint density at radius 1 is 1.25 bits per heavy atom. The maximum absolute atomic E-state index is 9.98. The van der Waals surface area contributed by atoms with Gasteiger partial charge in [0.1, 0.15) is 0 Å². The van der Waals surface area contributed by atoms with E-state index in [0.717, 1.165) is 25.7 Å². The number of rotatable bonds is 6. The second-order valence-corrected chi connectivity index (χ2v) is 4.86. The third-order valence-corrected chi connectivity index (χ3v) is 3.21. The van der Waals surface area contributed by atoms with Crippen LogP contribution in [0.1, 0.15) is 44.2 Å². The first-order valence-electron chi connectivity index (χ1n) is 6.37. The molecule has 2 unspecified atom stereocenters. The molecule has 1 rings (SSSR count). The lowest BCUT2D eigenvalue weighted by Gasteiger charge is -2.18. The third-order valence-electron chi connectivity index (χ3n) is 3.21. The molecule has 0 aliphatic carbocycles. The minimum absolute atomic E-state index is 0.152. The van der Waals surface area contributed by atoms with Gasteiger partial charge in [-0.05, 0) is 37.7 Å². The molecule has 0 spiro atoms. The van der Waals surface area contributed by atoms with Crippen molar-refractivity contribution in [3.8, 4) is 0 Å². The molecule has 0 heterocycles. The van der Waals surface area contributed by atoms with Crippen molar-refractivity contribution in [2.24, 2.45) is 5.92 Å². The largest absolute Gasteiger partial charge is 0.393 e. The maximum Gasteiger partial charge on any atom is 0.0568 e. The first-order chi connectivity index (χ1) is 7.63. The fourth-order valence-corrected chi connectivity index (χ4v) is 2.11. The summed E-state index contributed by atoms with van der Waals surface area (Å²) in [5, 5.41) is 9.98. The molecule has 0 amide bonds. The van der Waals surface area contributed by atoms with Crippen molar-refractivity contribution < 1.29 is 5.11 Å². The summed E-state index contributed by atoms with van der Waals surface area (Å²) in [4.78, 5) is 0. The molecule has 90 valence electrons. The average molecular weight is 220 g/mol. The van der Waals surface area contributed by atoms with Gasteiger partial charge in [-0.1, -0.05) is 50.1 Å². The van der Waals surface area contributed by atoms with E-state index >= 15 is 0 Å². The van der Waals surface area contributed by atoms with Gasteiger partial charge in [0.25, 0.3) is 0 Å². The lowest BCUT2D eigenvalue weighted by molar-refractivity contribution is 0.103. The highest BCUT2D eigenvalue weighted by atomic mass is 16.3. The molecule has 0 saturated heterocycles. The van der Waals surface area contributed by atoms with Gasteiger partial charge in [0, 0.05) is 0 Å². The van der Waals surface area contributed by atoms with E-state index in [1.54, 1.807) is 0 Å². The van der Waals surface area contributed by atoms with E-state index in [-0.39, 0.29) is 6.10 Å². The maximum atomic E-state index is 9.98. The highest BCUT2D eigenvalue weighted by Gasteiger charge is 2.12. The van der Waals surface area contributed by atoms with Gasteiger partial charge in [0.05, 0.1) is 6.10 Å².